The van der Waals surface area contributed by atoms with Crippen molar-refractivity contribution in [1.29, 1.82) is 0 Å². The van der Waals surface area contributed by atoms with E-state index in [4.69, 9.17) is 26.0 Å². The summed E-state index contributed by atoms with van der Waals surface area (Å²) in [7, 11) is 0. The van der Waals surface area contributed by atoms with E-state index in [-0.39, 0.29) is 19.1 Å². The van der Waals surface area contributed by atoms with Gasteiger partial charge in [-0.1, -0.05) is 35.0 Å². The minimum absolute atomic E-state index is 0.00445. The van der Waals surface area contributed by atoms with Gasteiger partial charge in [0.2, 0.25) is 5.82 Å². The van der Waals surface area contributed by atoms with E-state index >= 15 is 0 Å². The molecule has 4 rings (SSSR count). The van der Waals surface area contributed by atoms with Crippen molar-refractivity contribution in [2.75, 3.05) is 11.9 Å². The monoisotopic (exact) mass is 452 g/mol. The maximum Gasteiger partial charge on any atom is 0.305 e. The number of ether oxygens (including phenoxy) is 1. The van der Waals surface area contributed by atoms with Crippen LogP contribution in [0.5, 0.6) is 5.75 Å². The normalized spacial score (nSPS) is 11.1. The Morgan fingerprint density at radius 1 is 1.22 bits per heavy atom. The second-order valence-electron chi connectivity index (χ2n) is 7.37. The summed E-state index contributed by atoms with van der Waals surface area (Å²) in [6, 6.07) is 12.9. The van der Waals surface area contributed by atoms with Crippen LogP contribution in [0.4, 0.5) is 5.82 Å². The van der Waals surface area contributed by atoms with Gasteiger partial charge in [0, 0.05) is 29.3 Å². The summed E-state index contributed by atoms with van der Waals surface area (Å²) in [5.74, 6) is 1.08. The SMILES string of the molecule is CC(C)Oc1ccc(-c2nc(-c3cccc4c(NCCC(=O)O)nccc34)no2)cc1Cl. The van der Waals surface area contributed by atoms with Gasteiger partial charge in [0.1, 0.15) is 11.6 Å². The summed E-state index contributed by atoms with van der Waals surface area (Å²) in [5.41, 5.74) is 1.45. The minimum atomic E-state index is -0.873. The zero-order valence-electron chi connectivity index (χ0n) is 17.5. The van der Waals surface area contributed by atoms with E-state index < -0.39 is 5.97 Å². The molecule has 0 radical (unpaired) electrons. The highest BCUT2D eigenvalue weighted by molar-refractivity contribution is 6.32. The average molecular weight is 453 g/mol. The summed E-state index contributed by atoms with van der Waals surface area (Å²) in [6.45, 7) is 4.14. The lowest BCUT2D eigenvalue weighted by Crippen LogP contribution is -2.08. The Morgan fingerprint density at radius 2 is 2.06 bits per heavy atom. The number of aliphatic carboxylic acids is 1. The van der Waals surface area contributed by atoms with Crippen LogP contribution >= 0.6 is 11.6 Å². The van der Waals surface area contributed by atoms with Crippen molar-refractivity contribution in [1.82, 2.24) is 15.1 Å². The number of carbonyl (C=O) groups is 1. The second-order valence-corrected chi connectivity index (χ2v) is 7.77. The molecule has 0 saturated heterocycles. The lowest BCUT2D eigenvalue weighted by Gasteiger charge is -2.11. The quantitative estimate of drug-likeness (QED) is 0.371. The fourth-order valence-electron chi connectivity index (χ4n) is 3.26. The molecule has 9 heteroatoms. The van der Waals surface area contributed by atoms with E-state index in [2.05, 4.69) is 20.4 Å². The maximum atomic E-state index is 10.8. The van der Waals surface area contributed by atoms with Gasteiger partial charge in [-0.05, 0) is 43.5 Å². The van der Waals surface area contributed by atoms with Gasteiger partial charge >= 0.3 is 5.97 Å². The van der Waals surface area contributed by atoms with Crippen LogP contribution < -0.4 is 10.1 Å². The number of halogens is 1. The number of carboxylic acid groups (broad SMARTS) is 1. The van der Waals surface area contributed by atoms with Gasteiger partial charge in [0.15, 0.2) is 0 Å². The topological polar surface area (TPSA) is 110 Å². The van der Waals surface area contributed by atoms with Gasteiger partial charge in [-0.15, -0.1) is 0 Å². The largest absolute Gasteiger partial charge is 0.489 e. The molecule has 0 aliphatic heterocycles. The van der Waals surface area contributed by atoms with Crippen LogP contribution in [0.2, 0.25) is 5.02 Å². The molecule has 0 aliphatic carbocycles. The summed E-state index contributed by atoms with van der Waals surface area (Å²) in [4.78, 5) is 19.7. The first-order chi connectivity index (χ1) is 15.4. The summed E-state index contributed by atoms with van der Waals surface area (Å²) >= 11 is 6.34. The molecule has 2 aromatic heterocycles. The Bertz CT molecular complexity index is 1270. The third-order valence-electron chi connectivity index (χ3n) is 4.65. The van der Waals surface area contributed by atoms with Crippen LogP contribution in [0.25, 0.3) is 33.6 Å². The van der Waals surface area contributed by atoms with Gasteiger partial charge in [0.05, 0.1) is 17.5 Å². The fourth-order valence-corrected chi connectivity index (χ4v) is 3.49. The highest BCUT2D eigenvalue weighted by atomic mass is 35.5. The van der Waals surface area contributed by atoms with Crippen molar-refractivity contribution in [2.45, 2.75) is 26.4 Å². The van der Waals surface area contributed by atoms with E-state index in [1.165, 1.54) is 0 Å². The Kier molecular flexibility index (Phi) is 6.23. The molecule has 0 unspecified atom stereocenters. The van der Waals surface area contributed by atoms with E-state index in [0.717, 1.165) is 16.3 Å². The number of rotatable bonds is 8. The van der Waals surface area contributed by atoms with Crippen LogP contribution in [-0.4, -0.2) is 38.8 Å². The number of fused-ring (bicyclic) bond motifs is 1. The molecule has 8 nitrogen and oxygen atoms in total. The first-order valence-corrected chi connectivity index (χ1v) is 10.4. The van der Waals surface area contributed by atoms with Crippen LogP contribution in [-0.2, 0) is 4.79 Å². The molecule has 0 bridgehead atoms. The summed E-state index contributed by atoms with van der Waals surface area (Å²) in [5, 5.41) is 18.2. The molecule has 0 aliphatic rings. The first-order valence-electron chi connectivity index (χ1n) is 10.1. The number of hydrogen-bond acceptors (Lipinski definition) is 7. The van der Waals surface area contributed by atoms with Crippen LogP contribution in [0.3, 0.4) is 0 Å². The molecule has 0 amide bonds. The molecule has 2 aromatic carbocycles. The number of anilines is 1. The van der Waals surface area contributed by atoms with Crippen molar-refractivity contribution in [3.8, 4) is 28.6 Å². The smallest absolute Gasteiger partial charge is 0.305 e. The number of pyridine rings is 1. The van der Waals surface area contributed by atoms with Gasteiger partial charge in [-0.3, -0.25) is 4.79 Å². The third kappa shape index (κ3) is 4.65. The van der Waals surface area contributed by atoms with Gasteiger partial charge < -0.3 is 19.7 Å². The molecule has 0 spiro atoms. The third-order valence-corrected chi connectivity index (χ3v) is 4.94. The molecule has 4 aromatic rings. The van der Waals surface area contributed by atoms with Crippen LogP contribution in [0, 0.1) is 0 Å². The molecular formula is C23H21ClN4O4. The number of benzene rings is 2. The fraction of sp³-hybridized carbons (Fsp3) is 0.217. The van der Waals surface area contributed by atoms with Crippen molar-refractivity contribution in [3.63, 3.8) is 0 Å². The summed E-state index contributed by atoms with van der Waals surface area (Å²) in [6.07, 6.45) is 1.66. The highest BCUT2D eigenvalue weighted by Crippen LogP contribution is 2.33. The molecule has 164 valence electrons. The number of aromatic nitrogens is 3. The maximum absolute atomic E-state index is 10.8. The molecule has 0 saturated carbocycles. The number of hydrogen-bond donors (Lipinski definition) is 2. The Labute approximate surface area is 189 Å². The van der Waals surface area contributed by atoms with Gasteiger partial charge in [-0.2, -0.15) is 4.98 Å². The van der Waals surface area contributed by atoms with E-state index in [1.807, 2.05) is 44.2 Å². The van der Waals surface area contributed by atoms with Gasteiger partial charge in [0.25, 0.3) is 5.89 Å². The minimum Gasteiger partial charge on any atom is -0.489 e. The summed E-state index contributed by atoms with van der Waals surface area (Å²) < 4.78 is 11.2. The van der Waals surface area contributed by atoms with Crippen molar-refractivity contribution in [3.05, 3.63) is 53.7 Å². The second kappa shape index (κ2) is 9.23. The molecule has 32 heavy (non-hydrogen) atoms. The van der Waals surface area contributed by atoms with Crippen molar-refractivity contribution < 1.29 is 19.2 Å². The zero-order valence-corrected chi connectivity index (χ0v) is 18.3. The van der Waals surface area contributed by atoms with Crippen LogP contribution in [0.15, 0.2) is 53.2 Å². The lowest BCUT2D eigenvalue weighted by molar-refractivity contribution is -0.136. The van der Waals surface area contributed by atoms with Crippen molar-refractivity contribution in [2.24, 2.45) is 0 Å². The first kappa shape index (κ1) is 21.6. The van der Waals surface area contributed by atoms with Crippen LogP contribution in [0.1, 0.15) is 20.3 Å². The Hall–Kier alpha value is -3.65. The zero-order chi connectivity index (χ0) is 22.7. The number of nitrogens with one attached hydrogen (secondary N) is 1. The van der Waals surface area contributed by atoms with E-state index in [1.54, 1.807) is 18.3 Å². The highest BCUT2D eigenvalue weighted by Gasteiger charge is 2.16. The standard InChI is InChI=1S/C23H21ClN4O4/c1-13(2)31-19-7-6-14(12-18(19)24)23-27-22(28-32-23)17-5-3-4-16-15(17)8-10-25-21(16)26-11-9-20(29)30/h3-8,10,12-13H,9,11H2,1-2H3,(H,25,26)(H,29,30). The predicted octanol–water partition coefficient (Wildman–Crippen LogP) is 5.28. The van der Waals surface area contributed by atoms with Crippen molar-refractivity contribution >= 4 is 34.2 Å². The molecule has 2 heterocycles. The average Bonchev–Trinajstić information content (AvgIpc) is 3.24. The van der Waals surface area contributed by atoms with E-state index in [9.17, 15) is 4.79 Å². The number of nitrogens with zero attached hydrogens (tertiary/aromatic N) is 3. The molecule has 0 atom stereocenters. The van der Waals surface area contributed by atoms with Gasteiger partial charge in [-0.25, -0.2) is 4.98 Å². The molecular weight excluding hydrogens is 432 g/mol. The Morgan fingerprint density at radius 3 is 2.81 bits per heavy atom. The molecule has 0 fully saturated rings. The lowest BCUT2D eigenvalue weighted by atomic mass is 10.1. The Balaban J connectivity index is 1.65. The number of carboxylic acids is 1. The van der Waals surface area contributed by atoms with E-state index in [0.29, 0.717) is 33.9 Å². The predicted molar refractivity (Wildman–Crippen MR) is 122 cm³/mol. The molecule has 2 N–H and O–H groups in total.